The van der Waals surface area contributed by atoms with Crippen LogP contribution in [0.2, 0.25) is 0 Å². The Labute approximate surface area is 90.8 Å². The first-order valence-electron chi connectivity index (χ1n) is 5.82. The van der Waals surface area contributed by atoms with Gasteiger partial charge in [-0.05, 0) is 39.2 Å². The average molecular weight is 212 g/mol. The van der Waals surface area contributed by atoms with Crippen LogP contribution in [0.5, 0.6) is 0 Å². The van der Waals surface area contributed by atoms with Crippen LogP contribution in [0.25, 0.3) is 0 Å². The van der Waals surface area contributed by atoms with Crippen LogP contribution in [0.4, 0.5) is 0 Å². The molecule has 2 fully saturated rings. The lowest BCUT2D eigenvalue weighted by molar-refractivity contribution is -0.133. The van der Waals surface area contributed by atoms with Crippen molar-refractivity contribution in [2.24, 2.45) is 0 Å². The molecule has 1 unspecified atom stereocenters. The highest BCUT2D eigenvalue weighted by Gasteiger charge is 2.29. The Hall–Kier alpha value is -0.610. The number of amides is 1. The Kier molecular flexibility index (Phi) is 3.26. The molecular weight excluding hydrogens is 192 g/mol. The molecule has 0 radical (unpaired) electrons. The molecule has 4 nitrogen and oxygen atoms in total. The summed E-state index contributed by atoms with van der Waals surface area (Å²) >= 11 is 0. The standard InChI is InChI=1S/C11H20N2O2/c1-11(5-2-6-12-8-11)15-7-10(14)13-9-3-4-9/h9,12H,2-8H2,1H3,(H,13,14). The number of hydrogen-bond donors (Lipinski definition) is 2. The van der Waals surface area contributed by atoms with E-state index < -0.39 is 0 Å². The van der Waals surface area contributed by atoms with E-state index in [1.165, 1.54) is 0 Å². The zero-order valence-corrected chi connectivity index (χ0v) is 9.34. The maximum absolute atomic E-state index is 11.4. The number of ether oxygens (including phenoxy) is 1. The molecule has 0 aromatic rings. The quantitative estimate of drug-likeness (QED) is 0.710. The van der Waals surface area contributed by atoms with Crippen molar-refractivity contribution >= 4 is 5.91 Å². The second kappa shape index (κ2) is 4.49. The molecule has 2 N–H and O–H groups in total. The van der Waals surface area contributed by atoms with Crippen molar-refractivity contribution < 1.29 is 9.53 Å². The number of rotatable bonds is 4. The van der Waals surface area contributed by atoms with Gasteiger partial charge in [0, 0.05) is 12.6 Å². The summed E-state index contributed by atoms with van der Waals surface area (Å²) in [6.45, 7) is 4.19. The fourth-order valence-electron chi connectivity index (χ4n) is 1.89. The molecule has 0 bridgehead atoms. The molecule has 0 aromatic carbocycles. The minimum atomic E-state index is -0.154. The van der Waals surface area contributed by atoms with E-state index >= 15 is 0 Å². The molecule has 1 saturated heterocycles. The van der Waals surface area contributed by atoms with Gasteiger partial charge in [-0.3, -0.25) is 4.79 Å². The van der Waals surface area contributed by atoms with E-state index in [0.29, 0.717) is 6.04 Å². The van der Waals surface area contributed by atoms with Crippen LogP contribution in [-0.4, -0.2) is 37.2 Å². The Morgan fingerprint density at radius 1 is 1.60 bits per heavy atom. The number of piperidine rings is 1. The minimum Gasteiger partial charge on any atom is -0.364 e. The third kappa shape index (κ3) is 3.47. The topological polar surface area (TPSA) is 50.4 Å². The van der Waals surface area contributed by atoms with Gasteiger partial charge in [-0.2, -0.15) is 0 Å². The number of nitrogens with one attached hydrogen (secondary N) is 2. The van der Waals surface area contributed by atoms with Gasteiger partial charge in [-0.1, -0.05) is 0 Å². The second-order valence-electron chi connectivity index (χ2n) is 4.86. The summed E-state index contributed by atoms with van der Waals surface area (Å²) in [7, 11) is 0. The third-order valence-electron chi connectivity index (χ3n) is 3.05. The maximum Gasteiger partial charge on any atom is 0.246 e. The Balaban J connectivity index is 1.68. The van der Waals surface area contributed by atoms with Gasteiger partial charge in [0.1, 0.15) is 6.61 Å². The lowest BCUT2D eigenvalue weighted by atomic mass is 9.96. The van der Waals surface area contributed by atoms with Crippen molar-refractivity contribution in [3.05, 3.63) is 0 Å². The monoisotopic (exact) mass is 212 g/mol. The largest absolute Gasteiger partial charge is 0.364 e. The summed E-state index contributed by atoms with van der Waals surface area (Å²) < 4.78 is 5.69. The van der Waals surface area contributed by atoms with Crippen LogP contribution in [0.15, 0.2) is 0 Å². The molecule has 86 valence electrons. The normalized spacial score (nSPS) is 31.3. The Morgan fingerprint density at radius 3 is 3.00 bits per heavy atom. The summed E-state index contributed by atoms with van der Waals surface area (Å²) in [4.78, 5) is 11.4. The van der Waals surface area contributed by atoms with Gasteiger partial charge in [0.25, 0.3) is 0 Å². The van der Waals surface area contributed by atoms with Gasteiger partial charge < -0.3 is 15.4 Å². The minimum absolute atomic E-state index is 0.0318. The molecule has 1 heterocycles. The first-order valence-corrected chi connectivity index (χ1v) is 5.82. The molecule has 1 atom stereocenters. The van der Waals surface area contributed by atoms with E-state index in [0.717, 1.165) is 38.8 Å². The first kappa shape index (κ1) is 10.9. The predicted molar refractivity (Wildman–Crippen MR) is 57.6 cm³/mol. The lowest BCUT2D eigenvalue weighted by Gasteiger charge is -2.33. The molecule has 4 heteroatoms. The van der Waals surface area contributed by atoms with Gasteiger partial charge in [-0.25, -0.2) is 0 Å². The van der Waals surface area contributed by atoms with Crippen LogP contribution in [-0.2, 0) is 9.53 Å². The zero-order valence-electron chi connectivity index (χ0n) is 9.34. The molecule has 0 spiro atoms. The molecule has 2 rings (SSSR count). The average Bonchev–Trinajstić information content (AvgIpc) is 3.00. The molecule has 15 heavy (non-hydrogen) atoms. The van der Waals surface area contributed by atoms with Crippen LogP contribution < -0.4 is 10.6 Å². The molecule has 1 aliphatic carbocycles. The van der Waals surface area contributed by atoms with Crippen LogP contribution in [0.3, 0.4) is 0 Å². The van der Waals surface area contributed by atoms with Gasteiger partial charge in [0.2, 0.25) is 5.91 Å². The molecule has 2 aliphatic rings. The Morgan fingerprint density at radius 2 is 2.40 bits per heavy atom. The van der Waals surface area contributed by atoms with Crippen molar-refractivity contribution in [1.82, 2.24) is 10.6 Å². The van der Waals surface area contributed by atoms with Crippen LogP contribution in [0, 0.1) is 0 Å². The number of carbonyl (C=O) groups excluding carboxylic acids is 1. The predicted octanol–water partition coefficient (Wildman–Crippen LogP) is 0.424. The van der Waals surface area contributed by atoms with E-state index in [1.807, 2.05) is 0 Å². The summed E-state index contributed by atoms with van der Waals surface area (Å²) in [6.07, 6.45) is 4.42. The lowest BCUT2D eigenvalue weighted by Crippen LogP contribution is -2.47. The summed E-state index contributed by atoms with van der Waals surface area (Å²) in [5.74, 6) is 0.0318. The van der Waals surface area contributed by atoms with Crippen molar-refractivity contribution in [3.8, 4) is 0 Å². The summed E-state index contributed by atoms with van der Waals surface area (Å²) in [5, 5.41) is 6.22. The van der Waals surface area contributed by atoms with Gasteiger partial charge in [0.05, 0.1) is 5.60 Å². The molecule has 1 amide bonds. The van der Waals surface area contributed by atoms with Crippen LogP contribution in [0.1, 0.15) is 32.6 Å². The van der Waals surface area contributed by atoms with Crippen molar-refractivity contribution in [1.29, 1.82) is 0 Å². The highest BCUT2D eigenvalue weighted by Crippen LogP contribution is 2.21. The van der Waals surface area contributed by atoms with E-state index in [-0.39, 0.29) is 18.1 Å². The first-order chi connectivity index (χ1) is 7.18. The molecular formula is C11H20N2O2. The third-order valence-corrected chi connectivity index (χ3v) is 3.05. The number of carbonyl (C=O) groups is 1. The SMILES string of the molecule is CC1(OCC(=O)NC2CC2)CCCNC1. The van der Waals surface area contributed by atoms with Crippen molar-refractivity contribution in [3.63, 3.8) is 0 Å². The smallest absolute Gasteiger partial charge is 0.246 e. The highest BCUT2D eigenvalue weighted by molar-refractivity contribution is 5.77. The van der Waals surface area contributed by atoms with E-state index in [9.17, 15) is 4.79 Å². The van der Waals surface area contributed by atoms with Gasteiger partial charge >= 0.3 is 0 Å². The molecule has 1 saturated carbocycles. The fraction of sp³-hybridized carbons (Fsp3) is 0.909. The van der Waals surface area contributed by atoms with E-state index in [2.05, 4.69) is 17.6 Å². The maximum atomic E-state index is 11.4. The van der Waals surface area contributed by atoms with Gasteiger partial charge in [-0.15, -0.1) is 0 Å². The van der Waals surface area contributed by atoms with Gasteiger partial charge in [0.15, 0.2) is 0 Å². The number of hydrogen-bond acceptors (Lipinski definition) is 3. The van der Waals surface area contributed by atoms with Crippen molar-refractivity contribution in [2.75, 3.05) is 19.7 Å². The van der Waals surface area contributed by atoms with Crippen molar-refractivity contribution in [2.45, 2.75) is 44.2 Å². The summed E-state index contributed by atoms with van der Waals surface area (Å²) in [5.41, 5.74) is -0.154. The zero-order chi connectivity index (χ0) is 10.7. The second-order valence-corrected chi connectivity index (χ2v) is 4.86. The molecule has 0 aromatic heterocycles. The molecule has 1 aliphatic heterocycles. The van der Waals surface area contributed by atoms with E-state index in [4.69, 9.17) is 4.74 Å². The Bertz CT molecular complexity index is 233. The fourth-order valence-corrected chi connectivity index (χ4v) is 1.89. The highest BCUT2D eigenvalue weighted by atomic mass is 16.5. The van der Waals surface area contributed by atoms with E-state index in [1.54, 1.807) is 0 Å². The summed E-state index contributed by atoms with van der Waals surface area (Å²) in [6, 6.07) is 0.429. The van der Waals surface area contributed by atoms with Crippen LogP contribution >= 0.6 is 0 Å².